The average Bonchev–Trinajstić information content (AvgIpc) is 3.15. The van der Waals surface area contributed by atoms with E-state index in [9.17, 15) is 19.2 Å². The molecule has 0 fully saturated rings. The van der Waals surface area contributed by atoms with Crippen LogP contribution in [0.1, 0.15) is 118 Å². The number of nitrogens with zero attached hydrogens (tertiary/aromatic N) is 2. The third kappa shape index (κ3) is 5.33. The molecule has 7 heteroatoms. The molecule has 0 aliphatic carbocycles. The molecule has 0 radical (unpaired) electrons. The summed E-state index contributed by atoms with van der Waals surface area (Å²) in [5, 5.41) is 6.59. The Morgan fingerprint density at radius 1 is 0.471 bits per heavy atom. The summed E-state index contributed by atoms with van der Waals surface area (Å²) < 4.78 is 5.50. The molecule has 0 saturated heterocycles. The summed E-state index contributed by atoms with van der Waals surface area (Å²) in [6.07, 6.45) is 11.9. The number of imide groups is 2. The zero-order valence-corrected chi connectivity index (χ0v) is 29.3. The van der Waals surface area contributed by atoms with E-state index in [1.54, 1.807) is 19.2 Å². The van der Waals surface area contributed by atoms with Crippen LogP contribution in [-0.4, -0.2) is 47.1 Å². The third-order valence-corrected chi connectivity index (χ3v) is 11.1. The summed E-state index contributed by atoms with van der Waals surface area (Å²) >= 11 is 0. The molecule has 0 aromatic heterocycles. The van der Waals surface area contributed by atoms with Crippen LogP contribution < -0.4 is 4.74 Å². The number of para-hydroxylation sites is 1. The average molecular weight is 679 g/mol. The van der Waals surface area contributed by atoms with Crippen molar-refractivity contribution >= 4 is 66.7 Å². The molecule has 2 heterocycles. The largest absolute Gasteiger partial charge is 0.496 e. The fraction of sp³-hybridized carbons (Fsp3) is 0.318. The van der Waals surface area contributed by atoms with Crippen molar-refractivity contribution in [2.45, 2.75) is 77.7 Å². The maximum absolute atomic E-state index is 14.0. The lowest BCUT2D eigenvalue weighted by atomic mass is 9.82. The molecule has 2 aliphatic heterocycles. The lowest BCUT2D eigenvalue weighted by molar-refractivity contribution is 0.0586. The molecule has 0 atom stereocenters. The number of hydrogen-bond donors (Lipinski definition) is 0. The van der Waals surface area contributed by atoms with Gasteiger partial charge in [0.25, 0.3) is 23.6 Å². The number of unbranched alkanes of at least 4 members (excludes halogenated alkanes) is 9. The number of fused-ring (bicyclic) bond motifs is 2. The maximum Gasteiger partial charge on any atom is 0.261 e. The van der Waals surface area contributed by atoms with Crippen LogP contribution in [0, 0.1) is 0 Å². The van der Waals surface area contributed by atoms with E-state index in [0.29, 0.717) is 45.3 Å². The van der Waals surface area contributed by atoms with Crippen LogP contribution in [0.15, 0.2) is 72.8 Å². The number of rotatable bonds is 14. The molecule has 0 bridgehead atoms. The summed E-state index contributed by atoms with van der Waals surface area (Å²) in [5.74, 6) is -0.567. The number of carbonyl (C=O) groups is 4. The van der Waals surface area contributed by atoms with Crippen LogP contribution in [0.3, 0.4) is 0 Å². The highest BCUT2D eigenvalue weighted by atomic mass is 16.5. The molecule has 2 aliphatic rings. The van der Waals surface area contributed by atoms with Gasteiger partial charge in [0.2, 0.25) is 0 Å². The quantitative estimate of drug-likeness (QED) is 0.0496. The zero-order chi connectivity index (χ0) is 35.2. The van der Waals surface area contributed by atoms with Crippen LogP contribution in [0.4, 0.5) is 0 Å². The van der Waals surface area contributed by atoms with Gasteiger partial charge in [-0.2, -0.15) is 0 Å². The number of ether oxygens (including phenoxy) is 1. The predicted molar refractivity (Wildman–Crippen MR) is 202 cm³/mol. The second-order valence-electron chi connectivity index (χ2n) is 14.1. The van der Waals surface area contributed by atoms with E-state index in [0.717, 1.165) is 57.1 Å². The number of methoxy groups -OCH3 is 1. The van der Waals surface area contributed by atoms with Gasteiger partial charge < -0.3 is 4.74 Å². The van der Waals surface area contributed by atoms with Crippen molar-refractivity contribution in [2.75, 3.05) is 13.7 Å². The van der Waals surface area contributed by atoms with Crippen molar-refractivity contribution in [1.82, 2.24) is 9.80 Å². The molecule has 6 aromatic rings. The fourth-order valence-electron chi connectivity index (χ4n) is 8.48. The highest BCUT2D eigenvalue weighted by molar-refractivity contribution is 6.41. The Kier molecular flexibility index (Phi) is 8.66. The van der Waals surface area contributed by atoms with Crippen LogP contribution in [0.2, 0.25) is 0 Å². The van der Waals surface area contributed by atoms with Crippen molar-refractivity contribution < 1.29 is 23.9 Å². The normalized spacial score (nSPS) is 14.3. The van der Waals surface area contributed by atoms with E-state index in [1.807, 2.05) is 60.7 Å². The number of amides is 4. The van der Waals surface area contributed by atoms with E-state index in [2.05, 4.69) is 6.92 Å². The van der Waals surface area contributed by atoms with E-state index < -0.39 is 0 Å². The van der Waals surface area contributed by atoms with Gasteiger partial charge in [-0.1, -0.05) is 107 Å². The first-order valence-electron chi connectivity index (χ1n) is 18.5. The second kappa shape index (κ2) is 13.4. The van der Waals surface area contributed by atoms with Crippen molar-refractivity contribution in [3.05, 3.63) is 101 Å². The van der Waals surface area contributed by atoms with Gasteiger partial charge in [-0.25, -0.2) is 0 Å². The lowest BCUT2D eigenvalue weighted by Gasteiger charge is -2.30. The van der Waals surface area contributed by atoms with Crippen LogP contribution >= 0.6 is 0 Å². The van der Waals surface area contributed by atoms with Crippen molar-refractivity contribution in [3.8, 4) is 5.75 Å². The SMILES string of the molecule is CCCCCCCCCCCCN1C(=O)c2ccc3c4ccc5c6c(ccc(c7ccc(c2c37)C1=O)c64)C(=O)N(Cc1ccccc1OC)C5=O. The summed E-state index contributed by atoms with van der Waals surface area (Å²) in [5.41, 5.74) is 2.78. The Morgan fingerprint density at radius 2 is 0.882 bits per heavy atom. The summed E-state index contributed by atoms with van der Waals surface area (Å²) in [4.78, 5) is 58.5. The van der Waals surface area contributed by atoms with E-state index in [-0.39, 0.29) is 30.2 Å². The van der Waals surface area contributed by atoms with E-state index in [1.165, 1.54) is 54.7 Å². The van der Waals surface area contributed by atoms with Crippen LogP contribution in [0.5, 0.6) is 5.75 Å². The third-order valence-electron chi connectivity index (χ3n) is 11.1. The molecule has 8 rings (SSSR count). The van der Waals surface area contributed by atoms with Crippen molar-refractivity contribution in [1.29, 1.82) is 0 Å². The Morgan fingerprint density at radius 3 is 1.33 bits per heavy atom. The van der Waals surface area contributed by atoms with Crippen LogP contribution in [0.25, 0.3) is 43.1 Å². The highest BCUT2D eigenvalue weighted by Crippen LogP contribution is 2.46. The molecule has 0 N–H and O–H groups in total. The highest BCUT2D eigenvalue weighted by Gasteiger charge is 2.37. The monoisotopic (exact) mass is 678 g/mol. The smallest absolute Gasteiger partial charge is 0.261 e. The van der Waals surface area contributed by atoms with Gasteiger partial charge in [0.15, 0.2) is 0 Å². The second-order valence-corrected chi connectivity index (χ2v) is 14.1. The summed E-state index contributed by atoms with van der Waals surface area (Å²) in [6, 6.07) is 22.5. The van der Waals surface area contributed by atoms with E-state index >= 15 is 0 Å². The Balaban J connectivity index is 1.11. The fourth-order valence-corrected chi connectivity index (χ4v) is 8.48. The molecule has 0 spiro atoms. The number of carbonyl (C=O) groups excluding carboxylic acids is 4. The minimum Gasteiger partial charge on any atom is -0.496 e. The molecule has 4 amide bonds. The lowest BCUT2D eigenvalue weighted by Crippen LogP contribution is -2.41. The minimum atomic E-state index is -0.350. The number of hydrogen-bond acceptors (Lipinski definition) is 5. The van der Waals surface area contributed by atoms with Gasteiger partial charge in [-0.15, -0.1) is 0 Å². The predicted octanol–water partition coefficient (Wildman–Crippen LogP) is 10.1. The molecule has 7 nitrogen and oxygen atoms in total. The molecule has 0 unspecified atom stereocenters. The topological polar surface area (TPSA) is 84.0 Å². The van der Waals surface area contributed by atoms with Gasteiger partial charge in [0.1, 0.15) is 5.75 Å². The maximum atomic E-state index is 14.0. The molecule has 6 aromatic carbocycles. The molecule has 51 heavy (non-hydrogen) atoms. The molecule has 258 valence electrons. The van der Waals surface area contributed by atoms with Gasteiger partial charge in [-0.05, 0) is 69.1 Å². The Labute approximate surface area is 297 Å². The number of benzene rings is 6. The van der Waals surface area contributed by atoms with E-state index in [4.69, 9.17) is 4.74 Å². The molecule has 0 saturated carbocycles. The van der Waals surface area contributed by atoms with Crippen LogP contribution in [-0.2, 0) is 6.54 Å². The van der Waals surface area contributed by atoms with Gasteiger partial charge in [0, 0.05) is 45.1 Å². The first-order chi connectivity index (χ1) is 24.9. The molecular formula is C44H42N2O5. The zero-order valence-electron chi connectivity index (χ0n) is 29.3. The van der Waals surface area contributed by atoms with Gasteiger partial charge >= 0.3 is 0 Å². The van der Waals surface area contributed by atoms with Crippen molar-refractivity contribution in [3.63, 3.8) is 0 Å². The first-order valence-corrected chi connectivity index (χ1v) is 18.5. The Hall–Kier alpha value is -5.30. The van der Waals surface area contributed by atoms with Crippen molar-refractivity contribution in [2.24, 2.45) is 0 Å². The first kappa shape index (κ1) is 32.9. The summed E-state index contributed by atoms with van der Waals surface area (Å²) in [7, 11) is 1.57. The standard InChI is InChI=1S/C44H42N2O5/c1-3-4-5-6-7-8-9-10-11-14-25-45-41(47)32-21-17-28-30-19-23-34-40-35(44(50)46(43(34)49)26-27-15-12-13-16-36(27)51-2)24-20-31(38(30)40)29-18-22-33(42(45)48)39(32)37(28)29/h12-13,15-24H,3-11,14,25-26H2,1-2H3. The summed E-state index contributed by atoms with van der Waals surface area (Å²) in [6.45, 7) is 2.75. The van der Waals surface area contributed by atoms with Gasteiger partial charge in [-0.3, -0.25) is 29.0 Å². The Bertz CT molecular complexity index is 2260. The van der Waals surface area contributed by atoms with Gasteiger partial charge in [0.05, 0.1) is 13.7 Å². The minimum absolute atomic E-state index is 0.0953. The molecular weight excluding hydrogens is 636 g/mol.